The number of esters is 1. The number of rotatable bonds is 8. The molecule has 1 rings (SSSR count). The van der Waals surface area contributed by atoms with Crippen LogP contribution in [-0.4, -0.2) is 50.6 Å². The topological polar surface area (TPSA) is 53.9 Å². The standard InChI is InChI=1S/C18H35N3O2.HI/c1-15(2)9-7-5-6-8-12-20-18(19-3)21-13-10-16(11-14-21)17(22)23-4;/h15-16H,5-14H2,1-4H3,(H,19,20);1H. The molecule has 0 atom stereocenters. The maximum absolute atomic E-state index is 11.6. The van der Waals surface area contributed by atoms with Crippen LogP contribution >= 0.6 is 24.0 Å². The molecule has 1 heterocycles. The number of hydrogen-bond acceptors (Lipinski definition) is 3. The van der Waals surface area contributed by atoms with Crippen LogP contribution in [-0.2, 0) is 9.53 Å². The summed E-state index contributed by atoms with van der Waals surface area (Å²) in [4.78, 5) is 18.2. The lowest BCUT2D eigenvalue weighted by Gasteiger charge is -2.33. The van der Waals surface area contributed by atoms with Crippen molar-refractivity contribution >= 4 is 35.9 Å². The summed E-state index contributed by atoms with van der Waals surface area (Å²) in [7, 11) is 3.30. The number of nitrogens with one attached hydrogen (secondary N) is 1. The van der Waals surface area contributed by atoms with Crippen molar-refractivity contribution < 1.29 is 9.53 Å². The first-order chi connectivity index (χ1) is 11.1. The number of ether oxygens (including phenoxy) is 1. The molecule has 0 bridgehead atoms. The van der Waals surface area contributed by atoms with Crippen LogP contribution in [0.4, 0.5) is 0 Å². The van der Waals surface area contributed by atoms with Gasteiger partial charge in [0.25, 0.3) is 0 Å². The van der Waals surface area contributed by atoms with Crippen molar-refractivity contribution in [3.63, 3.8) is 0 Å². The maximum atomic E-state index is 11.6. The molecule has 142 valence electrons. The van der Waals surface area contributed by atoms with Crippen molar-refractivity contribution in [2.24, 2.45) is 16.8 Å². The highest BCUT2D eigenvalue weighted by Crippen LogP contribution is 2.18. The van der Waals surface area contributed by atoms with Crippen LogP contribution in [0.15, 0.2) is 4.99 Å². The molecule has 0 aliphatic carbocycles. The van der Waals surface area contributed by atoms with E-state index in [1.165, 1.54) is 39.2 Å². The highest BCUT2D eigenvalue weighted by Gasteiger charge is 2.26. The molecule has 1 aliphatic rings. The van der Waals surface area contributed by atoms with Crippen LogP contribution in [0.1, 0.15) is 58.8 Å². The zero-order chi connectivity index (χ0) is 17.1. The Morgan fingerprint density at radius 2 is 1.83 bits per heavy atom. The van der Waals surface area contributed by atoms with Gasteiger partial charge < -0.3 is 15.0 Å². The second kappa shape index (κ2) is 13.7. The van der Waals surface area contributed by atoms with E-state index in [9.17, 15) is 4.79 Å². The van der Waals surface area contributed by atoms with E-state index in [0.29, 0.717) is 0 Å². The minimum atomic E-state index is -0.0750. The summed E-state index contributed by atoms with van der Waals surface area (Å²) < 4.78 is 4.83. The fourth-order valence-corrected chi connectivity index (χ4v) is 3.06. The minimum Gasteiger partial charge on any atom is -0.469 e. The number of methoxy groups -OCH3 is 1. The average Bonchev–Trinajstić information content (AvgIpc) is 2.56. The van der Waals surface area contributed by atoms with E-state index >= 15 is 0 Å². The molecular weight excluding hydrogens is 417 g/mol. The highest BCUT2D eigenvalue weighted by atomic mass is 127. The van der Waals surface area contributed by atoms with Gasteiger partial charge in [0, 0.05) is 26.7 Å². The smallest absolute Gasteiger partial charge is 0.308 e. The lowest BCUT2D eigenvalue weighted by molar-refractivity contribution is -0.146. The van der Waals surface area contributed by atoms with Gasteiger partial charge in [0.15, 0.2) is 5.96 Å². The number of likely N-dealkylation sites (tertiary alicyclic amines) is 1. The summed E-state index contributed by atoms with van der Waals surface area (Å²) in [6.07, 6.45) is 8.17. The number of carbonyl (C=O) groups is 1. The van der Waals surface area contributed by atoms with E-state index in [1.54, 1.807) is 0 Å². The molecule has 1 saturated heterocycles. The molecule has 0 aromatic carbocycles. The van der Waals surface area contributed by atoms with Crippen LogP contribution in [0.3, 0.4) is 0 Å². The normalized spacial score (nSPS) is 16.0. The molecule has 0 aromatic heterocycles. The van der Waals surface area contributed by atoms with E-state index < -0.39 is 0 Å². The second-order valence-corrected chi connectivity index (χ2v) is 6.86. The average molecular weight is 453 g/mol. The van der Waals surface area contributed by atoms with Crippen LogP contribution in [0.5, 0.6) is 0 Å². The molecule has 0 aromatic rings. The van der Waals surface area contributed by atoms with Gasteiger partial charge in [-0.25, -0.2) is 0 Å². The molecular formula is C18H36IN3O2. The van der Waals surface area contributed by atoms with E-state index in [4.69, 9.17) is 4.74 Å². The fourth-order valence-electron chi connectivity index (χ4n) is 3.06. The molecule has 0 spiro atoms. The Morgan fingerprint density at radius 1 is 1.21 bits per heavy atom. The number of hydrogen-bond donors (Lipinski definition) is 1. The van der Waals surface area contributed by atoms with Crippen LogP contribution in [0.2, 0.25) is 0 Å². The van der Waals surface area contributed by atoms with Gasteiger partial charge in [-0.1, -0.05) is 39.5 Å². The first-order valence-electron chi connectivity index (χ1n) is 9.12. The Bertz CT molecular complexity index is 367. The summed E-state index contributed by atoms with van der Waals surface area (Å²) in [6.45, 7) is 7.29. The van der Waals surface area contributed by atoms with Gasteiger partial charge in [-0.15, -0.1) is 24.0 Å². The predicted octanol–water partition coefficient (Wildman–Crippen LogP) is 3.67. The number of aliphatic imine (C=N–C) groups is 1. The van der Waals surface area contributed by atoms with Gasteiger partial charge in [0.2, 0.25) is 0 Å². The maximum Gasteiger partial charge on any atom is 0.308 e. The largest absolute Gasteiger partial charge is 0.469 e. The summed E-state index contributed by atoms with van der Waals surface area (Å²) in [5.41, 5.74) is 0. The molecule has 1 aliphatic heterocycles. The molecule has 0 radical (unpaired) electrons. The van der Waals surface area contributed by atoms with Gasteiger partial charge >= 0.3 is 5.97 Å². The minimum absolute atomic E-state index is 0. The summed E-state index contributed by atoms with van der Waals surface area (Å²) >= 11 is 0. The van der Waals surface area contributed by atoms with Gasteiger partial charge in [-0.05, 0) is 25.2 Å². The first kappa shape index (κ1) is 23.5. The molecule has 6 heteroatoms. The van der Waals surface area contributed by atoms with E-state index in [-0.39, 0.29) is 35.9 Å². The molecule has 24 heavy (non-hydrogen) atoms. The zero-order valence-corrected chi connectivity index (χ0v) is 18.2. The van der Waals surface area contributed by atoms with E-state index in [2.05, 4.69) is 29.1 Å². The van der Waals surface area contributed by atoms with Crippen molar-refractivity contribution in [2.75, 3.05) is 33.8 Å². The SMILES string of the molecule is CN=C(NCCCCCCC(C)C)N1CCC(C(=O)OC)CC1.I. The molecule has 1 N–H and O–H groups in total. The molecule has 0 saturated carbocycles. The fraction of sp³-hybridized carbons (Fsp3) is 0.889. The summed E-state index contributed by atoms with van der Waals surface area (Å²) in [5, 5.41) is 3.46. The van der Waals surface area contributed by atoms with Gasteiger partial charge in [0.1, 0.15) is 0 Å². The Morgan fingerprint density at radius 3 is 2.38 bits per heavy atom. The Hall–Kier alpha value is -0.530. The Balaban J connectivity index is 0.00000529. The zero-order valence-electron chi connectivity index (χ0n) is 15.8. The van der Waals surface area contributed by atoms with E-state index in [0.717, 1.165) is 44.4 Å². The number of nitrogens with zero attached hydrogens (tertiary/aromatic N) is 2. The molecule has 0 amide bonds. The van der Waals surface area contributed by atoms with E-state index in [1.807, 2.05) is 7.05 Å². The molecule has 0 unspecified atom stereocenters. The van der Waals surface area contributed by atoms with Crippen LogP contribution in [0.25, 0.3) is 0 Å². The van der Waals surface area contributed by atoms with Crippen molar-refractivity contribution in [2.45, 2.75) is 58.8 Å². The number of guanidine groups is 1. The molecule has 5 nitrogen and oxygen atoms in total. The summed E-state index contributed by atoms with van der Waals surface area (Å²) in [6, 6.07) is 0. The van der Waals surface area contributed by atoms with Gasteiger partial charge in [-0.3, -0.25) is 9.79 Å². The third-order valence-corrected chi connectivity index (χ3v) is 4.53. The monoisotopic (exact) mass is 453 g/mol. The third-order valence-electron chi connectivity index (χ3n) is 4.53. The third kappa shape index (κ3) is 9.08. The van der Waals surface area contributed by atoms with Crippen molar-refractivity contribution in [3.8, 4) is 0 Å². The lowest BCUT2D eigenvalue weighted by Crippen LogP contribution is -2.46. The quantitative estimate of drug-likeness (QED) is 0.200. The Labute approximate surface area is 165 Å². The summed E-state index contributed by atoms with van der Waals surface area (Å²) in [5.74, 6) is 1.76. The molecule has 1 fully saturated rings. The van der Waals surface area contributed by atoms with Gasteiger partial charge in [-0.2, -0.15) is 0 Å². The first-order valence-corrected chi connectivity index (χ1v) is 9.12. The Kier molecular flexibility index (Phi) is 13.4. The van der Waals surface area contributed by atoms with Crippen molar-refractivity contribution in [1.29, 1.82) is 0 Å². The predicted molar refractivity (Wildman–Crippen MR) is 111 cm³/mol. The number of piperidine rings is 1. The number of halogens is 1. The number of carbonyl (C=O) groups excluding carboxylic acids is 1. The van der Waals surface area contributed by atoms with Crippen molar-refractivity contribution in [1.82, 2.24) is 10.2 Å². The van der Waals surface area contributed by atoms with Gasteiger partial charge in [0.05, 0.1) is 13.0 Å². The highest BCUT2D eigenvalue weighted by molar-refractivity contribution is 14.0. The van der Waals surface area contributed by atoms with Crippen molar-refractivity contribution in [3.05, 3.63) is 0 Å². The lowest BCUT2D eigenvalue weighted by atomic mass is 9.97. The second-order valence-electron chi connectivity index (χ2n) is 6.86. The van der Waals surface area contributed by atoms with Crippen LogP contribution in [0, 0.1) is 11.8 Å². The van der Waals surface area contributed by atoms with Crippen LogP contribution < -0.4 is 5.32 Å². The number of unbranched alkanes of at least 4 members (excludes halogenated alkanes) is 3.